The van der Waals surface area contributed by atoms with Crippen LogP contribution in [0.3, 0.4) is 0 Å². The molecular formula is C21H27NO4. The summed E-state index contributed by atoms with van der Waals surface area (Å²) in [5, 5.41) is 3.07. The lowest BCUT2D eigenvalue weighted by molar-refractivity contribution is -0.130. The number of hydrogen-bond acceptors (Lipinski definition) is 4. The Balaban J connectivity index is 1.31. The number of ether oxygens (including phenoxy) is 2. The monoisotopic (exact) mass is 357 g/mol. The molecule has 0 spiro atoms. The number of carbonyl (C=O) groups is 2. The quantitative estimate of drug-likeness (QED) is 0.822. The fourth-order valence-corrected chi connectivity index (χ4v) is 4.94. The highest BCUT2D eigenvalue weighted by Gasteiger charge is 2.42. The first-order chi connectivity index (χ1) is 12.5. The van der Waals surface area contributed by atoms with Crippen molar-refractivity contribution in [3.63, 3.8) is 0 Å². The van der Waals surface area contributed by atoms with Crippen LogP contribution in [0.15, 0.2) is 18.2 Å². The van der Waals surface area contributed by atoms with E-state index in [1.807, 2.05) is 6.07 Å². The van der Waals surface area contributed by atoms with Crippen molar-refractivity contribution in [1.29, 1.82) is 0 Å². The number of carbonyl (C=O) groups excluding carboxylic acids is 2. The Bertz CT molecular complexity index is 716. The third kappa shape index (κ3) is 3.37. The summed E-state index contributed by atoms with van der Waals surface area (Å²) in [5.41, 5.74) is 2.59. The molecule has 2 aliphatic carbocycles. The molecule has 0 aromatic heterocycles. The third-order valence-electron chi connectivity index (χ3n) is 6.42. The van der Waals surface area contributed by atoms with E-state index in [9.17, 15) is 9.59 Å². The van der Waals surface area contributed by atoms with Gasteiger partial charge in [0.1, 0.15) is 0 Å². The molecule has 4 rings (SSSR count). The van der Waals surface area contributed by atoms with Crippen molar-refractivity contribution in [2.75, 3.05) is 0 Å². The van der Waals surface area contributed by atoms with E-state index < -0.39 is 12.1 Å². The van der Waals surface area contributed by atoms with E-state index >= 15 is 0 Å². The molecule has 1 N–H and O–H groups in total. The SMILES string of the molecule is C[C@H](OC(=O)c1ccc2c(c1)COC2)C(=O)N[C@@H](C)[C@@H]1C[C@H]2CC[C@H]1C2. The van der Waals surface area contributed by atoms with Gasteiger partial charge in [-0.15, -0.1) is 0 Å². The minimum atomic E-state index is -0.798. The largest absolute Gasteiger partial charge is 0.449 e. The molecule has 0 unspecified atom stereocenters. The Hall–Kier alpha value is -1.88. The van der Waals surface area contributed by atoms with Gasteiger partial charge in [0.05, 0.1) is 18.8 Å². The van der Waals surface area contributed by atoms with Crippen LogP contribution in [-0.2, 0) is 27.5 Å². The van der Waals surface area contributed by atoms with Gasteiger partial charge in [-0.05, 0) is 74.1 Å². The Morgan fingerprint density at radius 3 is 2.69 bits per heavy atom. The minimum Gasteiger partial charge on any atom is -0.449 e. The van der Waals surface area contributed by atoms with E-state index in [1.54, 1.807) is 19.1 Å². The molecule has 140 valence electrons. The van der Waals surface area contributed by atoms with Gasteiger partial charge in [0.15, 0.2) is 6.10 Å². The molecule has 2 bridgehead atoms. The first-order valence-electron chi connectivity index (χ1n) is 9.72. The van der Waals surface area contributed by atoms with E-state index in [2.05, 4.69) is 12.2 Å². The summed E-state index contributed by atoms with van der Waals surface area (Å²) in [4.78, 5) is 24.8. The molecular weight excluding hydrogens is 330 g/mol. The van der Waals surface area contributed by atoms with Gasteiger partial charge < -0.3 is 14.8 Å². The maximum atomic E-state index is 12.5. The molecule has 5 heteroatoms. The van der Waals surface area contributed by atoms with Crippen molar-refractivity contribution in [2.24, 2.45) is 17.8 Å². The van der Waals surface area contributed by atoms with Crippen LogP contribution in [0, 0.1) is 17.8 Å². The predicted molar refractivity (Wildman–Crippen MR) is 96.4 cm³/mol. The summed E-state index contributed by atoms with van der Waals surface area (Å²) < 4.78 is 10.8. The molecule has 26 heavy (non-hydrogen) atoms. The maximum Gasteiger partial charge on any atom is 0.338 e. The van der Waals surface area contributed by atoms with Crippen molar-refractivity contribution in [3.8, 4) is 0 Å². The first-order valence-corrected chi connectivity index (χ1v) is 9.72. The fourth-order valence-electron chi connectivity index (χ4n) is 4.94. The number of amides is 1. The Labute approximate surface area is 154 Å². The average Bonchev–Trinajstić information content (AvgIpc) is 3.36. The molecule has 5 nitrogen and oxygen atoms in total. The standard InChI is InChI=1S/C21H27NO4/c1-12(19-8-14-3-4-15(19)7-14)22-20(23)13(2)26-21(24)16-5-6-17-10-25-11-18(17)9-16/h5-6,9,12-15,19H,3-4,7-8,10-11H2,1-2H3,(H,22,23)/t12-,13-,14-,15-,19-/m0/s1. The van der Waals surface area contributed by atoms with E-state index in [4.69, 9.17) is 9.47 Å². The topological polar surface area (TPSA) is 64.6 Å². The highest BCUT2D eigenvalue weighted by molar-refractivity contribution is 5.92. The van der Waals surface area contributed by atoms with Crippen LogP contribution in [0.25, 0.3) is 0 Å². The van der Waals surface area contributed by atoms with E-state index in [1.165, 1.54) is 25.7 Å². The summed E-state index contributed by atoms with van der Waals surface area (Å²) >= 11 is 0. The second kappa shape index (κ2) is 7.03. The lowest BCUT2D eigenvalue weighted by Gasteiger charge is -2.29. The fraction of sp³-hybridized carbons (Fsp3) is 0.619. The number of benzene rings is 1. The Morgan fingerprint density at radius 2 is 1.96 bits per heavy atom. The summed E-state index contributed by atoms with van der Waals surface area (Å²) in [5.74, 6) is 1.50. The van der Waals surface area contributed by atoms with Crippen LogP contribution >= 0.6 is 0 Å². The van der Waals surface area contributed by atoms with Gasteiger partial charge in [-0.2, -0.15) is 0 Å². The normalized spacial score (nSPS) is 28.5. The Kier molecular flexibility index (Phi) is 4.74. The van der Waals surface area contributed by atoms with Crippen LogP contribution in [0.5, 0.6) is 0 Å². The summed E-state index contributed by atoms with van der Waals surface area (Å²) in [6.45, 7) is 4.83. The van der Waals surface area contributed by atoms with Crippen LogP contribution < -0.4 is 5.32 Å². The molecule has 2 saturated carbocycles. The molecule has 1 aliphatic heterocycles. The lowest BCUT2D eigenvalue weighted by atomic mass is 9.84. The predicted octanol–water partition coefficient (Wildman–Crippen LogP) is 3.20. The molecule has 3 aliphatic rings. The van der Waals surface area contributed by atoms with Crippen LogP contribution in [0.1, 0.15) is 61.0 Å². The average molecular weight is 357 g/mol. The number of hydrogen-bond donors (Lipinski definition) is 1. The second-order valence-corrected chi connectivity index (χ2v) is 8.16. The third-order valence-corrected chi connectivity index (χ3v) is 6.42. The number of fused-ring (bicyclic) bond motifs is 3. The molecule has 0 radical (unpaired) electrons. The van der Waals surface area contributed by atoms with Crippen molar-refractivity contribution >= 4 is 11.9 Å². The minimum absolute atomic E-state index is 0.135. The molecule has 1 aromatic carbocycles. The number of esters is 1. The van der Waals surface area contributed by atoms with E-state index in [0.29, 0.717) is 24.7 Å². The maximum absolute atomic E-state index is 12.5. The van der Waals surface area contributed by atoms with Gasteiger partial charge in [-0.1, -0.05) is 12.5 Å². The Morgan fingerprint density at radius 1 is 1.15 bits per heavy atom. The molecule has 5 atom stereocenters. The summed E-state index contributed by atoms with van der Waals surface area (Å²) in [7, 11) is 0. The second-order valence-electron chi connectivity index (χ2n) is 8.16. The van der Waals surface area contributed by atoms with Crippen LogP contribution in [0.4, 0.5) is 0 Å². The summed E-state index contributed by atoms with van der Waals surface area (Å²) in [6.07, 6.45) is 4.38. The highest BCUT2D eigenvalue weighted by atomic mass is 16.5. The van der Waals surface area contributed by atoms with Gasteiger partial charge in [0.2, 0.25) is 0 Å². The molecule has 2 fully saturated rings. The number of nitrogens with one attached hydrogen (secondary N) is 1. The summed E-state index contributed by atoms with van der Waals surface area (Å²) in [6, 6.07) is 5.56. The molecule has 1 heterocycles. The van der Waals surface area contributed by atoms with Crippen molar-refractivity contribution in [2.45, 2.75) is 64.9 Å². The number of rotatable bonds is 5. The van der Waals surface area contributed by atoms with Crippen LogP contribution in [0.2, 0.25) is 0 Å². The van der Waals surface area contributed by atoms with Crippen LogP contribution in [-0.4, -0.2) is 24.0 Å². The van der Waals surface area contributed by atoms with Crippen molar-refractivity contribution < 1.29 is 19.1 Å². The van der Waals surface area contributed by atoms with Gasteiger partial charge in [0.25, 0.3) is 5.91 Å². The smallest absolute Gasteiger partial charge is 0.338 e. The van der Waals surface area contributed by atoms with E-state index in [-0.39, 0.29) is 11.9 Å². The van der Waals surface area contributed by atoms with E-state index in [0.717, 1.165) is 23.0 Å². The zero-order chi connectivity index (χ0) is 18.3. The lowest BCUT2D eigenvalue weighted by Crippen LogP contribution is -2.45. The highest BCUT2D eigenvalue weighted by Crippen LogP contribution is 2.49. The van der Waals surface area contributed by atoms with Gasteiger partial charge >= 0.3 is 5.97 Å². The first kappa shape index (κ1) is 17.5. The van der Waals surface area contributed by atoms with Gasteiger partial charge in [0, 0.05) is 6.04 Å². The zero-order valence-corrected chi connectivity index (χ0v) is 15.5. The van der Waals surface area contributed by atoms with Crippen molar-refractivity contribution in [1.82, 2.24) is 5.32 Å². The van der Waals surface area contributed by atoms with Crippen molar-refractivity contribution in [3.05, 3.63) is 34.9 Å². The molecule has 0 saturated heterocycles. The van der Waals surface area contributed by atoms with Gasteiger partial charge in [-0.25, -0.2) is 4.79 Å². The molecule has 1 amide bonds. The van der Waals surface area contributed by atoms with Gasteiger partial charge in [-0.3, -0.25) is 4.79 Å². The molecule has 1 aromatic rings. The zero-order valence-electron chi connectivity index (χ0n) is 15.5.